The van der Waals surface area contributed by atoms with E-state index in [-0.39, 0.29) is 0 Å². The molecule has 3 N–H and O–H groups in total. The first-order valence-electron chi connectivity index (χ1n) is 6.91. The number of aliphatic hydroxyl groups is 1. The third-order valence-electron chi connectivity index (χ3n) is 3.23. The molecule has 0 bridgehead atoms. The Morgan fingerprint density at radius 3 is 2.38 bits per heavy atom. The summed E-state index contributed by atoms with van der Waals surface area (Å²) in [6, 6.07) is 8.46. The van der Waals surface area contributed by atoms with Crippen LogP contribution in [0.25, 0.3) is 0 Å². The lowest BCUT2D eigenvalue weighted by Crippen LogP contribution is -2.34. The number of alkyl halides is 3. The largest absolute Gasteiger partial charge is 0.416 e. The van der Waals surface area contributed by atoms with Crippen molar-refractivity contribution in [2.24, 2.45) is 0 Å². The van der Waals surface area contributed by atoms with Gasteiger partial charge in [-0.2, -0.15) is 13.2 Å². The fourth-order valence-electron chi connectivity index (χ4n) is 2.03. The number of rotatable bonds is 4. The van der Waals surface area contributed by atoms with E-state index in [4.69, 9.17) is 0 Å². The first kappa shape index (κ1) is 17.7. The van der Waals surface area contributed by atoms with Gasteiger partial charge in [0.2, 0.25) is 0 Å². The van der Waals surface area contributed by atoms with Crippen molar-refractivity contribution in [2.75, 3.05) is 11.9 Å². The molecule has 24 heavy (non-hydrogen) atoms. The number of anilines is 1. The van der Waals surface area contributed by atoms with Gasteiger partial charge in [-0.25, -0.2) is 9.18 Å². The molecule has 0 radical (unpaired) electrons. The number of amides is 2. The lowest BCUT2D eigenvalue weighted by Gasteiger charge is -2.18. The average Bonchev–Trinajstić information content (AvgIpc) is 2.54. The molecule has 0 aromatic heterocycles. The Kier molecular flexibility index (Phi) is 5.40. The summed E-state index contributed by atoms with van der Waals surface area (Å²) in [4.78, 5) is 11.9. The highest BCUT2D eigenvalue weighted by molar-refractivity contribution is 5.89. The molecule has 0 saturated carbocycles. The van der Waals surface area contributed by atoms with Crippen LogP contribution >= 0.6 is 0 Å². The molecule has 0 aliphatic carbocycles. The molecular formula is C16H14F4N2O2. The quantitative estimate of drug-likeness (QED) is 0.742. The number of urea groups is 1. The van der Waals surface area contributed by atoms with Gasteiger partial charge in [-0.3, -0.25) is 0 Å². The fourth-order valence-corrected chi connectivity index (χ4v) is 2.03. The van der Waals surface area contributed by atoms with Crippen LogP contribution in [-0.4, -0.2) is 17.7 Å². The maximum atomic E-state index is 13.6. The van der Waals surface area contributed by atoms with E-state index in [9.17, 15) is 27.5 Å². The Balaban J connectivity index is 2.12. The Bertz CT molecular complexity index is 705. The summed E-state index contributed by atoms with van der Waals surface area (Å²) in [5, 5.41) is 13.7. The van der Waals surface area contributed by atoms with Crippen LogP contribution in [0.4, 0.5) is 28.0 Å². The first-order valence-corrected chi connectivity index (χ1v) is 6.91. The zero-order valence-corrected chi connectivity index (χ0v) is 12.3. The van der Waals surface area contributed by atoms with Crippen molar-refractivity contribution in [1.29, 1.82) is 0 Å². The number of carbonyl (C=O) groups is 1. The predicted octanol–water partition coefficient (Wildman–Crippen LogP) is 3.70. The zero-order valence-electron chi connectivity index (χ0n) is 12.3. The second-order valence-corrected chi connectivity index (χ2v) is 4.94. The first-order chi connectivity index (χ1) is 11.3. The van der Waals surface area contributed by atoms with Crippen LogP contribution in [0.5, 0.6) is 0 Å². The molecule has 8 heteroatoms. The van der Waals surface area contributed by atoms with Crippen LogP contribution in [0.1, 0.15) is 17.2 Å². The summed E-state index contributed by atoms with van der Waals surface area (Å²) in [6.07, 6.45) is -4.65. The number of carbonyl (C=O) groups excluding carboxylic acids is 1. The van der Waals surface area contributed by atoms with E-state index < -0.39 is 41.9 Å². The Morgan fingerprint density at radius 2 is 1.79 bits per heavy atom. The summed E-state index contributed by atoms with van der Waals surface area (Å²) in [6.45, 7) is -0.428. The number of benzene rings is 2. The third-order valence-corrected chi connectivity index (χ3v) is 3.23. The summed E-state index contributed by atoms with van der Waals surface area (Å²) in [5.41, 5.74) is -1.09. The van der Waals surface area contributed by atoms with Crippen LogP contribution in [0.3, 0.4) is 0 Å². The molecule has 128 valence electrons. The molecule has 2 aromatic carbocycles. The van der Waals surface area contributed by atoms with Crippen molar-refractivity contribution < 1.29 is 27.5 Å². The van der Waals surface area contributed by atoms with Gasteiger partial charge in [0.05, 0.1) is 23.9 Å². The van der Waals surface area contributed by atoms with E-state index in [2.05, 4.69) is 5.32 Å². The minimum atomic E-state index is -4.65. The van der Waals surface area contributed by atoms with Gasteiger partial charge in [0.25, 0.3) is 0 Å². The van der Waals surface area contributed by atoms with Gasteiger partial charge < -0.3 is 15.7 Å². The standard InChI is InChI=1S/C16H14F4N2O2/c17-12-7-6-11(16(18,19)20)8-13(12)21-15(24)22-14(9-23)10-4-2-1-3-5-10/h1-8,14,23H,9H2,(H2,21,22,24). The van der Waals surface area contributed by atoms with Gasteiger partial charge in [-0.05, 0) is 23.8 Å². The lowest BCUT2D eigenvalue weighted by molar-refractivity contribution is -0.137. The Labute approximate surface area is 135 Å². The van der Waals surface area contributed by atoms with Crippen LogP contribution < -0.4 is 10.6 Å². The fraction of sp³-hybridized carbons (Fsp3) is 0.188. The van der Waals surface area contributed by atoms with Crippen molar-refractivity contribution in [2.45, 2.75) is 12.2 Å². The number of aliphatic hydroxyl groups excluding tert-OH is 1. The van der Waals surface area contributed by atoms with E-state index in [1.54, 1.807) is 30.3 Å². The molecule has 2 rings (SSSR count). The highest BCUT2D eigenvalue weighted by atomic mass is 19.4. The monoisotopic (exact) mass is 342 g/mol. The van der Waals surface area contributed by atoms with Crippen molar-refractivity contribution in [3.05, 3.63) is 65.5 Å². The number of hydrogen-bond acceptors (Lipinski definition) is 2. The van der Waals surface area contributed by atoms with E-state index in [0.29, 0.717) is 23.8 Å². The van der Waals surface area contributed by atoms with Crippen molar-refractivity contribution >= 4 is 11.7 Å². The molecule has 0 fully saturated rings. The highest BCUT2D eigenvalue weighted by Crippen LogP contribution is 2.31. The average molecular weight is 342 g/mol. The van der Waals surface area contributed by atoms with Gasteiger partial charge in [0.1, 0.15) is 5.82 Å². The summed E-state index contributed by atoms with van der Waals surface area (Å²) >= 11 is 0. The van der Waals surface area contributed by atoms with E-state index in [1.807, 2.05) is 5.32 Å². The topological polar surface area (TPSA) is 61.4 Å². The second kappa shape index (κ2) is 7.31. The van der Waals surface area contributed by atoms with Gasteiger partial charge in [-0.1, -0.05) is 30.3 Å². The molecule has 0 saturated heterocycles. The van der Waals surface area contributed by atoms with Crippen LogP contribution in [-0.2, 0) is 6.18 Å². The van der Waals surface area contributed by atoms with Crippen molar-refractivity contribution in [1.82, 2.24) is 5.32 Å². The minimum absolute atomic E-state index is 0.428. The molecule has 4 nitrogen and oxygen atoms in total. The molecule has 2 aromatic rings. The van der Waals surface area contributed by atoms with Crippen LogP contribution in [0.2, 0.25) is 0 Å². The SMILES string of the molecule is O=C(Nc1cc(C(F)(F)F)ccc1F)NC(CO)c1ccccc1. The minimum Gasteiger partial charge on any atom is -0.394 e. The molecule has 0 aliphatic heterocycles. The van der Waals surface area contributed by atoms with Gasteiger partial charge in [0.15, 0.2) is 0 Å². The number of halogens is 4. The van der Waals surface area contributed by atoms with Crippen LogP contribution in [0.15, 0.2) is 48.5 Å². The van der Waals surface area contributed by atoms with Crippen molar-refractivity contribution in [3.8, 4) is 0 Å². The van der Waals surface area contributed by atoms with Gasteiger partial charge in [-0.15, -0.1) is 0 Å². The van der Waals surface area contributed by atoms with Crippen molar-refractivity contribution in [3.63, 3.8) is 0 Å². The maximum Gasteiger partial charge on any atom is 0.416 e. The normalized spacial score (nSPS) is 12.5. The molecule has 0 heterocycles. The van der Waals surface area contributed by atoms with Gasteiger partial charge >= 0.3 is 12.2 Å². The molecule has 1 atom stereocenters. The molecule has 0 aliphatic rings. The summed E-state index contributed by atoms with van der Waals surface area (Å²) < 4.78 is 51.5. The Morgan fingerprint density at radius 1 is 1.12 bits per heavy atom. The Hall–Kier alpha value is -2.61. The van der Waals surface area contributed by atoms with E-state index >= 15 is 0 Å². The smallest absolute Gasteiger partial charge is 0.394 e. The summed E-state index contributed by atoms with van der Waals surface area (Å²) in [7, 11) is 0. The van der Waals surface area contributed by atoms with E-state index in [0.717, 1.165) is 0 Å². The molecular weight excluding hydrogens is 328 g/mol. The number of nitrogens with one attached hydrogen (secondary N) is 2. The predicted molar refractivity (Wildman–Crippen MR) is 79.8 cm³/mol. The molecule has 1 unspecified atom stereocenters. The lowest BCUT2D eigenvalue weighted by atomic mass is 10.1. The van der Waals surface area contributed by atoms with Crippen LogP contribution in [0, 0.1) is 5.82 Å². The summed E-state index contributed by atoms with van der Waals surface area (Å²) in [5.74, 6) is -1.00. The maximum absolute atomic E-state index is 13.6. The number of hydrogen-bond donors (Lipinski definition) is 3. The van der Waals surface area contributed by atoms with E-state index in [1.165, 1.54) is 0 Å². The highest BCUT2D eigenvalue weighted by Gasteiger charge is 2.31. The third kappa shape index (κ3) is 4.45. The molecule has 2 amide bonds. The second-order valence-electron chi connectivity index (χ2n) is 4.94. The zero-order chi connectivity index (χ0) is 17.7. The van der Waals surface area contributed by atoms with Gasteiger partial charge in [0, 0.05) is 0 Å². The molecule has 0 spiro atoms.